The number of hydrogen-bond acceptors (Lipinski definition) is 1. The van der Waals surface area contributed by atoms with Gasteiger partial charge in [-0.2, -0.15) is 0 Å². The Morgan fingerprint density at radius 2 is 1.00 bits per heavy atom. The second kappa shape index (κ2) is 19.7. The van der Waals surface area contributed by atoms with Crippen molar-refractivity contribution in [3.63, 3.8) is 0 Å². The molecule has 0 spiro atoms. The Bertz CT molecular complexity index is 345. The lowest BCUT2D eigenvalue weighted by atomic mass is 10.2. The second-order valence-corrected chi connectivity index (χ2v) is 5.28. The van der Waals surface area contributed by atoms with E-state index in [1.54, 1.807) is 0 Å². The highest BCUT2D eigenvalue weighted by molar-refractivity contribution is 5.00. The van der Waals surface area contributed by atoms with Crippen LogP contribution in [0, 0.1) is 0 Å². The molecule has 0 unspecified atom stereocenters. The third-order valence-electron chi connectivity index (χ3n) is 3.19. The summed E-state index contributed by atoms with van der Waals surface area (Å²) in [6.07, 6.45) is 31.9. The van der Waals surface area contributed by atoms with E-state index in [1.165, 1.54) is 6.42 Å². The molecule has 0 atom stereocenters. The standard InChI is InChI=1S/C21H34O/c1-2-3-4-5-6-7-8-9-10-11-12-13-14-15-16-17-18-19-20-21-22/h3-4,6-7,9-10,12-13,15-16,22H,2,5,8,11,14,17-21H2,1H3/b4-3-,7-6-,10-9-,13-12-,16-15-. The SMILES string of the molecule is CC/C=C\C/C=C\C/C=C\C/C=C\C/C=C\CCCCCO. The minimum absolute atomic E-state index is 0.325. The van der Waals surface area contributed by atoms with Crippen LogP contribution in [0.15, 0.2) is 60.8 Å². The molecule has 0 aliphatic carbocycles. The average molecular weight is 303 g/mol. The molecule has 0 aromatic carbocycles. The molecule has 0 saturated carbocycles. The molecule has 1 nitrogen and oxygen atoms in total. The van der Waals surface area contributed by atoms with E-state index in [4.69, 9.17) is 5.11 Å². The van der Waals surface area contributed by atoms with E-state index in [1.807, 2.05) is 0 Å². The van der Waals surface area contributed by atoms with Crippen LogP contribution >= 0.6 is 0 Å². The van der Waals surface area contributed by atoms with E-state index >= 15 is 0 Å². The Morgan fingerprint density at radius 1 is 0.545 bits per heavy atom. The van der Waals surface area contributed by atoms with Gasteiger partial charge in [0.15, 0.2) is 0 Å². The average Bonchev–Trinajstić information content (AvgIpc) is 2.54. The Balaban J connectivity index is 3.40. The van der Waals surface area contributed by atoms with Crippen LogP contribution < -0.4 is 0 Å². The van der Waals surface area contributed by atoms with Crippen molar-refractivity contribution in [2.24, 2.45) is 0 Å². The van der Waals surface area contributed by atoms with Crippen molar-refractivity contribution >= 4 is 0 Å². The monoisotopic (exact) mass is 302 g/mol. The molecule has 0 radical (unpaired) electrons. The largest absolute Gasteiger partial charge is 0.396 e. The number of unbranched alkanes of at least 4 members (excludes halogenated alkanes) is 3. The maximum absolute atomic E-state index is 8.66. The van der Waals surface area contributed by atoms with Gasteiger partial charge in [-0.25, -0.2) is 0 Å². The summed E-state index contributed by atoms with van der Waals surface area (Å²) in [6, 6.07) is 0. The van der Waals surface area contributed by atoms with Crippen LogP contribution in [0.5, 0.6) is 0 Å². The van der Waals surface area contributed by atoms with Gasteiger partial charge in [0.1, 0.15) is 0 Å². The fraction of sp³-hybridized carbons (Fsp3) is 0.524. The third kappa shape index (κ3) is 18.7. The first-order valence-electron chi connectivity index (χ1n) is 8.77. The first-order chi connectivity index (χ1) is 10.9. The molecule has 0 aliphatic rings. The minimum Gasteiger partial charge on any atom is -0.396 e. The molecule has 0 aliphatic heterocycles. The fourth-order valence-electron chi connectivity index (χ4n) is 1.92. The summed E-state index contributed by atoms with van der Waals surface area (Å²) in [5.74, 6) is 0. The zero-order chi connectivity index (χ0) is 16.1. The zero-order valence-corrected chi connectivity index (χ0v) is 14.3. The van der Waals surface area contributed by atoms with E-state index in [0.29, 0.717) is 6.61 Å². The van der Waals surface area contributed by atoms with Crippen LogP contribution in [0.3, 0.4) is 0 Å². The van der Waals surface area contributed by atoms with E-state index in [0.717, 1.165) is 51.4 Å². The van der Waals surface area contributed by atoms with Gasteiger partial charge in [-0.1, -0.05) is 74.1 Å². The fourth-order valence-corrected chi connectivity index (χ4v) is 1.92. The van der Waals surface area contributed by atoms with Gasteiger partial charge in [0.2, 0.25) is 0 Å². The van der Waals surface area contributed by atoms with E-state index in [9.17, 15) is 0 Å². The summed E-state index contributed by atoms with van der Waals surface area (Å²) in [5, 5.41) is 8.66. The summed E-state index contributed by atoms with van der Waals surface area (Å²) < 4.78 is 0. The number of hydrogen-bond donors (Lipinski definition) is 1. The molecular formula is C21H34O. The predicted molar refractivity (Wildman–Crippen MR) is 100 cm³/mol. The van der Waals surface area contributed by atoms with Gasteiger partial charge in [0.25, 0.3) is 0 Å². The van der Waals surface area contributed by atoms with Crippen LogP contribution in [-0.4, -0.2) is 11.7 Å². The number of allylic oxidation sites excluding steroid dienone is 10. The van der Waals surface area contributed by atoms with Gasteiger partial charge in [0.05, 0.1) is 0 Å². The van der Waals surface area contributed by atoms with Crippen LogP contribution in [0.25, 0.3) is 0 Å². The molecule has 0 aromatic rings. The van der Waals surface area contributed by atoms with Gasteiger partial charge in [-0.15, -0.1) is 0 Å². The first kappa shape index (κ1) is 20.7. The first-order valence-corrected chi connectivity index (χ1v) is 8.77. The lowest BCUT2D eigenvalue weighted by molar-refractivity contribution is 0.283. The van der Waals surface area contributed by atoms with Crippen molar-refractivity contribution in [2.75, 3.05) is 6.61 Å². The van der Waals surface area contributed by atoms with Gasteiger partial charge in [0, 0.05) is 6.61 Å². The van der Waals surface area contributed by atoms with Gasteiger partial charge >= 0.3 is 0 Å². The molecule has 0 fully saturated rings. The predicted octanol–water partition coefficient (Wildman–Crippen LogP) is 6.29. The smallest absolute Gasteiger partial charge is 0.0431 e. The molecule has 1 heteroatoms. The van der Waals surface area contributed by atoms with Crippen LogP contribution in [0.2, 0.25) is 0 Å². The Kier molecular flexibility index (Phi) is 18.5. The molecule has 0 amide bonds. The molecule has 124 valence electrons. The van der Waals surface area contributed by atoms with Crippen molar-refractivity contribution in [2.45, 2.75) is 64.7 Å². The highest BCUT2D eigenvalue weighted by atomic mass is 16.2. The Morgan fingerprint density at radius 3 is 1.45 bits per heavy atom. The number of rotatable bonds is 14. The topological polar surface area (TPSA) is 20.2 Å². The lowest BCUT2D eigenvalue weighted by Crippen LogP contribution is -1.81. The van der Waals surface area contributed by atoms with Gasteiger partial charge < -0.3 is 5.11 Å². The van der Waals surface area contributed by atoms with Crippen molar-refractivity contribution in [1.82, 2.24) is 0 Å². The Labute approximate surface area is 137 Å². The highest BCUT2D eigenvalue weighted by Gasteiger charge is 1.84. The number of aliphatic hydroxyl groups is 1. The van der Waals surface area contributed by atoms with Gasteiger partial charge in [-0.3, -0.25) is 0 Å². The summed E-state index contributed by atoms with van der Waals surface area (Å²) in [5.41, 5.74) is 0. The molecule has 0 aromatic heterocycles. The minimum atomic E-state index is 0.325. The third-order valence-corrected chi connectivity index (χ3v) is 3.19. The van der Waals surface area contributed by atoms with Gasteiger partial charge in [-0.05, 0) is 51.4 Å². The maximum atomic E-state index is 8.66. The molecule has 0 heterocycles. The molecule has 22 heavy (non-hydrogen) atoms. The van der Waals surface area contributed by atoms with Crippen molar-refractivity contribution < 1.29 is 5.11 Å². The molecule has 0 rings (SSSR count). The van der Waals surface area contributed by atoms with E-state index in [-0.39, 0.29) is 0 Å². The lowest BCUT2D eigenvalue weighted by Gasteiger charge is -1.93. The highest BCUT2D eigenvalue weighted by Crippen LogP contribution is 2.01. The number of aliphatic hydroxyl groups excluding tert-OH is 1. The molecule has 1 N–H and O–H groups in total. The normalized spacial score (nSPS) is 13.0. The molecule has 0 saturated heterocycles. The Hall–Kier alpha value is -1.34. The summed E-state index contributed by atoms with van der Waals surface area (Å²) in [4.78, 5) is 0. The van der Waals surface area contributed by atoms with Crippen LogP contribution in [-0.2, 0) is 0 Å². The molecular weight excluding hydrogens is 268 g/mol. The van der Waals surface area contributed by atoms with E-state index in [2.05, 4.69) is 67.7 Å². The van der Waals surface area contributed by atoms with Crippen molar-refractivity contribution in [3.8, 4) is 0 Å². The van der Waals surface area contributed by atoms with Crippen molar-refractivity contribution in [3.05, 3.63) is 60.8 Å². The second-order valence-electron chi connectivity index (χ2n) is 5.28. The summed E-state index contributed by atoms with van der Waals surface area (Å²) >= 11 is 0. The van der Waals surface area contributed by atoms with Crippen molar-refractivity contribution in [1.29, 1.82) is 0 Å². The summed E-state index contributed by atoms with van der Waals surface area (Å²) in [7, 11) is 0. The summed E-state index contributed by atoms with van der Waals surface area (Å²) in [6.45, 7) is 2.48. The van der Waals surface area contributed by atoms with E-state index < -0.39 is 0 Å². The van der Waals surface area contributed by atoms with Crippen LogP contribution in [0.1, 0.15) is 64.7 Å². The molecule has 0 bridgehead atoms. The maximum Gasteiger partial charge on any atom is 0.0431 e. The quantitative estimate of drug-likeness (QED) is 0.295. The zero-order valence-electron chi connectivity index (χ0n) is 14.3. The van der Waals surface area contributed by atoms with Crippen LogP contribution in [0.4, 0.5) is 0 Å².